The zero-order valence-corrected chi connectivity index (χ0v) is 18.6. The fourth-order valence-corrected chi connectivity index (χ4v) is 4.12. The highest BCUT2D eigenvalue weighted by atomic mass is 16.5. The molecule has 1 aliphatic heterocycles. The Hall–Kier alpha value is -3.08. The Labute approximate surface area is 189 Å². The number of rotatable bonds is 10. The number of aliphatic carboxylic acids is 1. The van der Waals surface area contributed by atoms with E-state index >= 15 is 0 Å². The summed E-state index contributed by atoms with van der Waals surface area (Å²) < 4.78 is 11.2. The minimum Gasteiger partial charge on any atom is -0.481 e. The third-order valence-electron chi connectivity index (χ3n) is 5.78. The zero-order valence-electron chi connectivity index (χ0n) is 18.6. The smallest absolute Gasteiger partial charge is 0.304 e. The molecule has 2 aromatic carbocycles. The topological polar surface area (TPSA) is 104 Å². The number of nitrogens with one attached hydrogen (secondary N) is 2. The molecule has 2 aromatic rings. The maximum absolute atomic E-state index is 11.4. The van der Waals surface area contributed by atoms with Crippen LogP contribution in [0.1, 0.15) is 49.7 Å². The second-order valence-corrected chi connectivity index (χ2v) is 8.08. The number of methoxy groups -OCH3 is 1. The lowest BCUT2D eigenvalue weighted by Crippen LogP contribution is -2.39. The SMILES string of the molecule is CCC1OCCCC1Nc1ccc(C(COC)CC(=O)O)cc1Nc1ccc(C#N)cc1. The Morgan fingerprint density at radius 3 is 2.72 bits per heavy atom. The molecular formula is C25H31N3O4. The summed E-state index contributed by atoms with van der Waals surface area (Å²) >= 11 is 0. The van der Waals surface area contributed by atoms with Gasteiger partial charge in [0.15, 0.2) is 0 Å². The molecule has 0 bridgehead atoms. The highest BCUT2D eigenvalue weighted by molar-refractivity contribution is 5.76. The van der Waals surface area contributed by atoms with Crippen molar-refractivity contribution in [2.75, 3.05) is 31.0 Å². The second kappa shape index (κ2) is 11.5. The standard InChI is InChI=1S/C25H31N3O4/c1-3-24-22(5-4-12-32-24)28-21-11-8-18(19(16-31-2)14-25(29)30)13-23(21)27-20-9-6-17(15-26)7-10-20/h6-11,13,19,22,24,27-28H,3-5,12,14,16H2,1-2H3,(H,29,30). The number of carboxylic acids is 1. The van der Waals surface area contributed by atoms with Gasteiger partial charge in [-0.05, 0) is 61.2 Å². The fraction of sp³-hybridized carbons (Fsp3) is 0.440. The summed E-state index contributed by atoms with van der Waals surface area (Å²) in [6.45, 7) is 3.24. The second-order valence-electron chi connectivity index (χ2n) is 8.08. The van der Waals surface area contributed by atoms with E-state index in [1.165, 1.54) is 0 Å². The first-order chi connectivity index (χ1) is 15.5. The summed E-state index contributed by atoms with van der Waals surface area (Å²) in [4.78, 5) is 11.4. The van der Waals surface area contributed by atoms with E-state index in [4.69, 9.17) is 14.7 Å². The predicted octanol–water partition coefficient (Wildman–Crippen LogP) is 4.88. The normalized spacial score (nSPS) is 19.0. The fourth-order valence-electron chi connectivity index (χ4n) is 4.12. The molecule has 7 heteroatoms. The molecule has 3 N–H and O–H groups in total. The summed E-state index contributed by atoms with van der Waals surface area (Å²) in [5.41, 5.74) is 4.10. The van der Waals surface area contributed by atoms with Gasteiger partial charge in [0.25, 0.3) is 0 Å². The van der Waals surface area contributed by atoms with Crippen LogP contribution in [0.5, 0.6) is 0 Å². The molecule has 3 atom stereocenters. The third-order valence-corrected chi connectivity index (χ3v) is 5.78. The van der Waals surface area contributed by atoms with Crippen LogP contribution in [0.4, 0.5) is 17.1 Å². The van der Waals surface area contributed by atoms with Gasteiger partial charge in [-0.3, -0.25) is 4.79 Å². The van der Waals surface area contributed by atoms with Gasteiger partial charge < -0.3 is 25.2 Å². The molecule has 1 heterocycles. The molecule has 0 spiro atoms. The first-order valence-corrected chi connectivity index (χ1v) is 11.0. The van der Waals surface area contributed by atoms with Crippen LogP contribution in [0, 0.1) is 11.3 Å². The van der Waals surface area contributed by atoms with Gasteiger partial charge in [0, 0.05) is 25.3 Å². The number of ether oxygens (including phenoxy) is 2. The predicted molar refractivity (Wildman–Crippen MR) is 124 cm³/mol. The molecule has 0 aliphatic carbocycles. The van der Waals surface area contributed by atoms with E-state index < -0.39 is 5.97 Å². The van der Waals surface area contributed by atoms with Gasteiger partial charge in [-0.25, -0.2) is 0 Å². The van der Waals surface area contributed by atoms with Crippen molar-refractivity contribution in [2.24, 2.45) is 0 Å². The minimum absolute atomic E-state index is 0.00864. The highest BCUT2D eigenvalue weighted by Crippen LogP contribution is 2.33. The Kier molecular flexibility index (Phi) is 8.48. The highest BCUT2D eigenvalue weighted by Gasteiger charge is 2.25. The van der Waals surface area contributed by atoms with Crippen LogP contribution in [0.2, 0.25) is 0 Å². The molecular weight excluding hydrogens is 406 g/mol. The lowest BCUT2D eigenvalue weighted by atomic mass is 9.94. The molecule has 7 nitrogen and oxygen atoms in total. The van der Waals surface area contributed by atoms with Crippen LogP contribution in [-0.4, -0.2) is 43.5 Å². The van der Waals surface area contributed by atoms with E-state index in [9.17, 15) is 9.90 Å². The molecule has 0 saturated carbocycles. The van der Waals surface area contributed by atoms with Gasteiger partial charge in [0.2, 0.25) is 0 Å². The number of benzene rings is 2. The lowest BCUT2D eigenvalue weighted by molar-refractivity contribution is -0.137. The molecule has 1 aliphatic rings. The van der Waals surface area contributed by atoms with Gasteiger partial charge in [-0.2, -0.15) is 5.26 Å². The van der Waals surface area contributed by atoms with Crippen molar-refractivity contribution in [1.82, 2.24) is 0 Å². The number of hydrogen-bond donors (Lipinski definition) is 3. The van der Waals surface area contributed by atoms with Gasteiger partial charge in [-0.15, -0.1) is 0 Å². The summed E-state index contributed by atoms with van der Waals surface area (Å²) in [6.07, 6.45) is 3.12. The molecule has 0 amide bonds. The van der Waals surface area contributed by atoms with Gasteiger partial charge in [0.05, 0.1) is 48.2 Å². The lowest BCUT2D eigenvalue weighted by Gasteiger charge is -2.33. The van der Waals surface area contributed by atoms with E-state index in [0.29, 0.717) is 12.2 Å². The van der Waals surface area contributed by atoms with Crippen molar-refractivity contribution in [2.45, 2.75) is 50.7 Å². The Balaban J connectivity index is 1.93. The Morgan fingerprint density at radius 2 is 2.06 bits per heavy atom. The van der Waals surface area contributed by atoms with Crippen LogP contribution < -0.4 is 10.6 Å². The molecule has 1 fully saturated rings. The molecule has 0 radical (unpaired) electrons. The number of nitriles is 1. The van der Waals surface area contributed by atoms with Crippen LogP contribution >= 0.6 is 0 Å². The van der Waals surface area contributed by atoms with E-state index in [0.717, 1.165) is 48.5 Å². The average Bonchev–Trinajstić information content (AvgIpc) is 2.80. The largest absolute Gasteiger partial charge is 0.481 e. The van der Waals surface area contributed by atoms with Crippen molar-refractivity contribution < 1.29 is 19.4 Å². The van der Waals surface area contributed by atoms with E-state index in [1.54, 1.807) is 19.2 Å². The molecule has 1 saturated heterocycles. The van der Waals surface area contributed by atoms with E-state index in [2.05, 4.69) is 23.6 Å². The molecule has 3 unspecified atom stereocenters. The quantitative estimate of drug-likeness (QED) is 0.487. The maximum Gasteiger partial charge on any atom is 0.304 e. The molecule has 170 valence electrons. The van der Waals surface area contributed by atoms with Crippen LogP contribution in [0.15, 0.2) is 42.5 Å². The van der Waals surface area contributed by atoms with Crippen molar-refractivity contribution in [3.8, 4) is 6.07 Å². The molecule has 32 heavy (non-hydrogen) atoms. The van der Waals surface area contributed by atoms with Gasteiger partial charge in [0.1, 0.15) is 0 Å². The number of hydrogen-bond acceptors (Lipinski definition) is 6. The monoisotopic (exact) mass is 437 g/mol. The van der Waals surface area contributed by atoms with Crippen molar-refractivity contribution in [3.05, 3.63) is 53.6 Å². The van der Waals surface area contributed by atoms with Crippen molar-refractivity contribution >= 4 is 23.0 Å². The number of carboxylic acid groups (broad SMARTS) is 1. The van der Waals surface area contributed by atoms with Gasteiger partial charge >= 0.3 is 5.97 Å². The summed E-state index contributed by atoms with van der Waals surface area (Å²) in [7, 11) is 1.58. The van der Waals surface area contributed by atoms with E-state index in [1.807, 2.05) is 30.3 Å². The number of carbonyl (C=O) groups is 1. The molecule has 0 aromatic heterocycles. The zero-order chi connectivity index (χ0) is 22.9. The first kappa shape index (κ1) is 23.6. The third kappa shape index (κ3) is 6.22. The van der Waals surface area contributed by atoms with Crippen LogP contribution in [0.3, 0.4) is 0 Å². The number of anilines is 3. The first-order valence-electron chi connectivity index (χ1n) is 11.0. The summed E-state index contributed by atoms with van der Waals surface area (Å²) in [5.74, 6) is -1.12. The van der Waals surface area contributed by atoms with Crippen molar-refractivity contribution in [3.63, 3.8) is 0 Å². The Morgan fingerprint density at radius 1 is 1.28 bits per heavy atom. The summed E-state index contributed by atoms with van der Waals surface area (Å²) in [6, 6.07) is 15.5. The summed E-state index contributed by atoms with van der Waals surface area (Å²) in [5, 5.41) is 25.5. The Bertz CT molecular complexity index is 939. The minimum atomic E-state index is -0.860. The van der Waals surface area contributed by atoms with Crippen molar-refractivity contribution in [1.29, 1.82) is 5.26 Å². The van der Waals surface area contributed by atoms with Gasteiger partial charge in [-0.1, -0.05) is 13.0 Å². The average molecular weight is 438 g/mol. The maximum atomic E-state index is 11.4. The van der Waals surface area contributed by atoms with Crippen LogP contribution in [0.25, 0.3) is 0 Å². The number of nitrogens with zero attached hydrogens (tertiary/aromatic N) is 1. The molecule has 3 rings (SSSR count). The van der Waals surface area contributed by atoms with Crippen LogP contribution in [-0.2, 0) is 14.3 Å². The van der Waals surface area contributed by atoms with E-state index in [-0.39, 0.29) is 24.5 Å².